The highest BCUT2D eigenvalue weighted by atomic mass is 32.2. The van der Waals surface area contributed by atoms with Crippen LogP contribution in [0.2, 0.25) is 0 Å². The number of hydrogen-bond acceptors (Lipinski definition) is 6. The number of esters is 1. The predicted molar refractivity (Wildman–Crippen MR) is 131 cm³/mol. The lowest BCUT2D eigenvalue weighted by Gasteiger charge is -2.38. The summed E-state index contributed by atoms with van der Waals surface area (Å²) in [4.78, 5) is 30.8. The van der Waals surface area contributed by atoms with E-state index in [2.05, 4.69) is 15.5 Å². The Hall–Kier alpha value is -3.04. The average Bonchev–Trinajstić information content (AvgIpc) is 2.85. The van der Waals surface area contributed by atoms with Gasteiger partial charge in [-0.1, -0.05) is 24.3 Å². The quantitative estimate of drug-likeness (QED) is 0.463. The van der Waals surface area contributed by atoms with Crippen LogP contribution in [-0.4, -0.2) is 62.5 Å². The van der Waals surface area contributed by atoms with Crippen LogP contribution < -0.4 is 15.5 Å². The second kappa shape index (κ2) is 10.9. The Balaban J connectivity index is 1.56. The summed E-state index contributed by atoms with van der Waals surface area (Å²) in [6.07, 6.45) is 2.00. The molecule has 1 saturated heterocycles. The van der Waals surface area contributed by atoms with Crippen molar-refractivity contribution in [1.82, 2.24) is 15.5 Å². The molecule has 1 fully saturated rings. The predicted octanol–water partition coefficient (Wildman–Crippen LogP) is 3.54. The monoisotopic (exact) mass is 484 g/mol. The second-order valence-corrected chi connectivity index (χ2v) is 9.01. The topological polar surface area (TPSA) is 73.9 Å². The fourth-order valence-electron chi connectivity index (χ4n) is 4.32. The summed E-state index contributed by atoms with van der Waals surface area (Å²) in [5.41, 5.74) is 2.37. The van der Waals surface area contributed by atoms with Crippen molar-refractivity contribution in [2.45, 2.75) is 17.9 Å². The van der Waals surface area contributed by atoms with Gasteiger partial charge in [0.25, 0.3) is 0 Å². The first-order valence-corrected chi connectivity index (χ1v) is 12.6. The van der Waals surface area contributed by atoms with Gasteiger partial charge < -0.3 is 20.3 Å². The fraction of sp³-hybridized carbons (Fsp3) is 0.360. The van der Waals surface area contributed by atoms with Crippen LogP contribution in [0.25, 0.3) is 0 Å². The first-order valence-electron chi connectivity index (χ1n) is 11.3. The minimum atomic E-state index is -0.599. The van der Waals surface area contributed by atoms with E-state index in [-0.39, 0.29) is 18.5 Å². The largest absolute Gasteiger partial charge is 0.463 e. The minimum Gasteiger partial charge on any atom is -0.463 e. The summed E-state index contributed by atoms with van der Waals surface area (Å²) in [6, 6.07) is 13.6. The van der Waals surface area contributed by atoms with Gasteiger partial charge in [0.2, 0.25) is 0 Å². The summed E-state index contributed by atoms with van der Waals surface area (Å²) in [5.74, 6) is -0.682. The number of piperazine rings is 1. The van der Waals surface area contributed by atoms with Crippen LogP contribution in [-0.2, 0) is 9.53 Å². The molecule has 180 valence electrons. The van der Waals surface area contributed by atoms with Crippen LogP contribution in [0, 0.1) is 5.82 Å². The number of urea groups is 1. The molecular formula is C25H29FN4O3S. The number of anilines is 1. The Morgan fingerprint density at radius 1 is 1.12 bits per heavy atom. The molecule has 2 N–H and O–H groups in total. The average molecular weight is 485 g/mol. The van der Waals surface area contributed by atoms with E-state index in [1.54, 1.807) is 30.8 Å². The van der Waals surface area contributed by atoms with Gasteiger partial charge in [-0.3, -0.25) is 4.90 Å². The number of ether oxygens (including phenoxy) is 1. The van der Waals surface area contributed by atoms with E-state index in [1.165, 1.54) is 6.07 Å². The smallest absolute Gasteiger partial charge is 0.338 e. The summed E-state index contributed by atoms with van der Waals surface area (Å²) in [7, 11) is 0. The number of hydrogen-bond donors (Lipinski definition) is 2. The molecule has 0 aliphatic carbocycles. The van der Waals surface area contributed by atoms with Gasteiger partial charge in [0.15, 0.2) is 0 Å². The van der Waals surface area contributed by atoms with E-state index in [4.69, 9.17) is 4.74 Å². The summed E-state index contributed by atoms with van der Waals surface area (Å²) < 4.78 is 19.5. The van der Waals surface area contributed by atoms with Crippen LogP contribution in [0.3, 0.4) is 0 Å². The third-order valence-corrected chi connectivity index (χ3v) is 6.79. The molecule has 2 aromatic carbocycles. The summed E-state index contributed by atoms with van der Waals surface area (Å²) >= 11 is 1.63. The van der Waals surface area contributed by atoms with Crippen molar-refractivity contribution in [3.63, 3.8) is 0 Å². The molecule has 2 heterocycles. The molecule has 0 unspecified atom stereocenters. The fourth-order valence-corrected chi connectivity index (χ4v) is 4.73. The molecule has 7 nitrogen and oxygen atoms in total. The maximum absolute atomic E-state index is 14.2. The first kappa shape index (κ1) is 24.1. The van der Waals surface area contributed by atoms with Crippen molar-refractivity contribution in [3.8, 4) is 0 Å². The second-order valence-electron chi connectivity index (χ2n) is 8.13. The Labute approximate surface area is 203 Å². The van der Waals surface area contributed by atoms with Gasteiger partial charge in [0.05, 0.1) is 23.9 Å². The lowest BCUT2D eigenvalue weighted by Crippen LogP contribution is -2.52. The van der Waals surface area contributed by atoms with Crippen LogP contribution in [0.1, 0.15) is 18.5 Å². The van der Waals surface area contributed by atoms with Crippen molar-refractivity contribution in [1.29, 1.82) is 0 Å². The van der Waals surface area contributed by atoms with E-state index >= 15 is 0 Å². The third-order valence-electron chi connectivity index (χ3n) is 6.05. The Kier molecular flexibility index (Phi) is 7.74. The number of thioether (sulfide) groups is 1. The summed E-state index contributed by atoms with van der Waals surface area (Å²) in [6.45, 7) is 5.03. The highest BCUT2D eigenvalue weighted by molar-refractivity contribution is 7.98. The van der Waals surface area contributed by atoms with E-state index < -0.39 is 12.0 Å². The highest BCUT2D eigenvalue weighted by Crippen LogP contribution is 2.30. The zero-order chi connectivity index (χ0) is 24.1. The standard InChI is InChI=1S/C25H29FN4O3S/c1-3-33-24(31)22-20(27-25(32)28-23(22)17-8-10-18(34-2)11-9-17)16-29-12-14-30(15-13-29)21-7-5-4-6-19(21)26/h4-11,23H,3,12-16H2,1-2H3,(H2,27,28,32)/t23-/m1/s1. The molecule has 4 rings (SSSR count). The number of nitrogens with one attached hydrogen (secondary N) is 2. The van der Waals surface area contributed by atoms with Gasteiger partial charge in [-0.05, 0) is 43.0 Å². The maximum atomic E-state index is 14.2. The van der Waals surface area contributed by atoms with Gasteiger partial charge in [-0.15, -0.1) is 11.8 Å². The minimum absolute atomic E-state index is 0.232. The number of carbonyl (C=O) groups is 2. The molecule has 1 atom stereocenters. The van der Waals surface area contributed by atoms with E-state index in [1.807, 2.05) is 41.5 Å². The number of nitrogens with zero attached hydrogens (tertiary/aromatic N) is 2. The molecule has 0 radical (unpaired) electrons. The Bertz CT molecular complexity index is 1070. The SMILES string of the molecule is CCOC(=O)C1=C(CN2CCN(c3ccccc3F)CC2)NC(=O)N[C@@H]1c1ccc(SC)cc1. The van der Waals surface area contributed by atoms with Gasteiger partial charge in [-0.25, -0.2) is 14.0 Å². The number of halogens is 1. The van der Waals surface area contributed by atoms with Crippen LogP contribution in [0.5, 0.6) is 0 Å². The molecule has 0 spiro atoms. The number of para-hydroxylation sites is 1. The third kappa shape index (κ3) is 5.37. The molecular weight excluding hydrogens is 455 g/mol. The van der Waals surface area contributed by atoms with Gasteiger partial charge in [0.1, 0.15) is 5.82 Å². The van der Waals surface area contributed by atoms with Crippen LogP contribution in [0.15, 0.2) is 64.7 Å². The summed E-state index contributed by atoms with van der Waals surface area (Å²) in [5, 5.41) is 5.71. The lowest BCUT2D eigenvalue weighted by atomic mass is 9.95. The molecule has 9 heteroatoms. The zero-order valence-electron chi connectivity index (χ0n) is 19.3. The molecule has 2 aromatic rings. The Morgan fingerprint density at radius 3 is 2.47 bits per heavy atom. The van der Waals surface area contributed by atoms with E-state index in [9.17, 15) is 14.0 Å². The van der Waals surface area contributed by atoms with Crippen molar-refractivity contribution in [2.75, 3.05) is 50.5 Å². The molecule has 0 aromatic heterocycles. The molecule has 2 aliphatic heterocycles. The van der Waals surface area contributed by atoms with E-state index in [0.29, 0.717) is 49.7 Å². The van der Waals surface area contributed by atoms with Crippen molar-refractivity contribution >= 4 is 29.4 Å². The zero-order valence-corrected chi connectivity index (χ0v) is 20.2. The van der Waals surface area contributed by atoms with Gasteiger partial charge in [-0.2, -0.15) is 0 Å². The normalized spacial score (nSPS) is 19.0. The number of benzene rings is 2. The van der Waals surface area contributed by atoms with Crippen molar-refractivity contribution in [3.05, 3.63) is 71.2 Å². The van der Waals surface area contributed by atoms with Crippen LogP contribution >= 0.6 is 11.8 Å². The van der Waals surface area contributed by atoms with Crippen molar-refractivity contribution in [2.24, 2.45) is 0 Å². The van der Waals surface area contributed by atoms with Crippen molar-refractivity contribution < 1.29 is 18.7 Å². The molecule has 2 aliphatic rings. The van der Waals surface area contributed by atoms with Gasteiger partial charge in [0, 0.05) is 43.3 Å². The molecule has 2 amide bonds. The Morgan fingerprint density at radius 2 is 1.82 bits per heavy atom. The maximum Gasteiger partial charge on any atom is 0.338 e. The van der Waals surface area contributed by atoms with Crippen LogP contribution in [0.4, 0.5) is 14.9 Å². The number of amides is 2. The number of carbonyl (C=O) groups excluding carboxylic acids is 2. The molecule has 0 saturated carbocycles. The molecule has 0 bridgehead atoms. The highest BCUT2D eigenvalue weighted by Gasteiger charge is 2.34. The number of rotatable bonds is 7. The van der Waals surface area contributed by atoms with Gasteiger partial charge >= 0.3 is 12.0 Å². The lowest BCUT2D eigenvalue weighted by molar-refractivity contribution is -0.139. The van der Waals surface area contributed by atoms with E-state index in [0.717, 1.165) is 10.5 Å². The first-order chi connectivity index (χ1) is 16.5. The molecule has 34 heavy (non-hydrogen) atoms.